The van der Waals surface area contributed by atoms with E-state index in [-0.39, 0.29) is 21.5 Å². The van der Waals surface area contributed by atoms with Crippen LogP contribution in [0.1, 0.15) is 22.3 Å². The second-order valence-corrected chi connectivity index (χ2v) is 13.1. The Morgan fingerprint density at radius 1 is 0.425 bits per heavy atom. The molecule has 3 rings (SSSR count). The summed E-state index contributed by atoms with van der Waals surface area (Å²) in [6, 6.07) is 19.2. The zero-order valence-corrected chi connectivity index (χ0v) is 27.6. The molecule has 0 spiro atoms. The summed E-state index contributed by atoms with van der Waals surface area (Å²) < 4.78 is 12.4. The summed E-state index contributed by atoms with van der Waals surface area (Å²) in [7, 11) is 0. The van der Waals surface area contributed by atoms with Crippen molar-refractivity contribution in [3.05, 3.63) is 82.9 Å². The van der Waals surface area contributed by atoms with Crippen LogP contribution in [0, 0.1) is 0 Å². The molecule has 4 atom stereocenters. The summed E-state index contributed by atoms with van der Waals surface area (Å²) in [5, 5.41) is -0.779. The van der Waals surface area contributed by atoms with Crippen LogP contribution in [0.2, 0.25) is 0 Å². The van der Waals surface area contributed by atoms with Gasteiger partial charge in [0.1, 0.15) is 23.0 Å². The lowest BCUT2D eigenvalue weighted by molar-refractivity contribution is 0.459. The topological polar surface area (TPSA) is 18.5 Å². The number of halogens is 8. The van der Waals surface area contributed by atoms with Gasteiger partial charge >= 0.3 is 0 Å². The molecule has 0 heterocycles. The van der Waals surface area contributed by atoms with Gasteiger partial charge in [0.15, 0.2) is 0 Å². The summed E-state index contributed by atoms with van der Waals surface area (Å²) in [4.78, 5) is 0. The minimum absolute atomic E-state index is 0.178. The standard InChI is InChI=1S/C30H30Cl8O2/c31-15-23(35)8-19-4-6-29(12-21(19)10-25(37)17-33)39-27-2-1-3-28(14-27)40-30-7-5-20(9-24(36)16-32)22(13-30)11-26(38)18-34/h1-7,12-14,23-26H,8-11,15-18H2. The molecule has 0 N–H and O–H groups in total. The highest BCUT2D eigenvalue weighted by Crippen LogP contribution is 2.32. The summed E-state index contributed by atoms with van der Waals surface area (Å²) in [5.74, 6) is 3.97. The molecule has 4 unspecified atom stereocenters. The van der Waals surface area contributed by atoms with Crippen LogP contribution in [0.3, 0.4) is 0 Å². The summed E-state index contributed by atoms with van der Waals surface area (Å²) >= 11 is 49.2. The second kappa shape index (κ2) is 17.6. The van der Waals surface area contributed by atoms with Crippen LogP contribution in [0.25, 0.3) is 0 Å². The summed E-state index contributed by atoms with van der Waals surface area (Å²) in [6.45, 7) is 0. The zero-order chi connectivity index (χ0) is 29.1. The van der Waals surface area contributed by atoms with E-state index in [4.69, 9.17) is 102 Å². The van der Waals surface area contributed by atoms with Crippen LogP contribution < -0.4 is 9.47 Å². The van der Waals surface area contributed by atoms with Crippen molar-refractivity contribution in [2.75, 3.05) is 23.5 Å². The predicted octanol–water partition coefficient (Wildman–Crippen LogP) is 10.8. The van der Waals surface area contributed by atoms with E-state index in [2.05, 4.69) is 0 Å². The van der Waals surface area contributed by atoms with Crippen molar-refractivity contribution in [3.8, 4) is 23.0 Å². The first-order valence-corrected chi connectivity index (χ1v) is 16.6. The van der Waals surface area contributed by atoms with E-state index < -0.39 is 0 Å². The lowest BCUT2D eigenvalue weighted by Gasteiger charge is -2.17. The Bertz CT molecular complexity index is 1120. The van der Waals surface area contributed by atoms with Gasteiger partial charge in [0.2, 0.25) is 0 Å². The molecule has 0 aliphatic rings. The maximum Gasteiger partial charge on any atom is 0.131 e. The molecule has 0 aliphatic heterocycles. The average Bonchev–Trinajstić information content (AvgIpc) is 2.95. The number of ether oxygens (including phenoxy) is 2. The Morgan fingerprint density at radius 2 is 0.750 bits per heavy atom. The molecular formula is C30H30Cl8O2. The Labute approximate surface area is 277 Å². The third-order valence-corrected chi connectivity index (χ3v) is 9.42. The Morgan fingerprint density at radius 3 is 1.10 bits per heavy atom. The van der Waals surface area contributed by atoms with Gasteiger partial charge in [-0.25, -0.2) is 0 Å². The molecule has 10 heteroatoms. The smallest absolute Gasteiger partial charge is 0.131 e. The second-order valence-electron chi connectivity index (χ2n) is 9.36. The fraction of sp³-hybridized carbons (Fsp3) is 0.400. The van der Waals surface area contributed by atoms with E-state index in [1.807, 2.05) is 60.7 Å². The lowest BCUT2D eigenvalue weighted by atomic mass is 9.99. The van der Waals surface area contributed by atoms with Crippen LogP contribution in [-0.4, -0.2) is 45.0 Å². The predicted molar refractivity (Wildman–Crippen MR) is 176 cm³/mol. The SMILES string of the molecule is ClCC(Cl)Cc1ccc(Oc2cccc(Oc3ccc(CC(Cl)CCl)c(CC(Cl)CCl)c3)c2)cc1CC(Cl)CCl. The monoisotopic (exact) mass is 702 g/mol. The van der Waals surface area contributed by atoms with Gasteiger partial charge in [0.25, 0.3) is 0 Å². The number of hydrogen-bond acceptors (Lipinski definition) is 2. The maximum atomic E-state index is 6.37. The molecule has 40 heavy (non-hydrogen) atoms. The minimum Gasteiger partial charge on any atom is -0.457 e. The van der Waals surface area contributed by atoms with E-state index in [0.717, 1.165) is 22.3 Å². The zero-order valence-electron chi connectivity index (χ0n) is 21.6. The largest absolute Gasteiger partial charge is 0.457 e. The highest BCUT2D eigenvalue weighted by Gasteiger charge is 2.16. The molecule has 218 valence electrons. The third-order valence-electron chi connectivity index (χ3n) is 6.07. The van der Waals surface area contributed by atoms with E-state index in [1.165, 1.54) is 0 Å². The molecule has 0 bridgehead atoms. The molecule has 3 aromatic carbocycles. The van der Waals surface area contributed by atoms with Gasteiger partial charge in [-0.05, 0) is 84.3 Å². The molecule has 0 amide bonds. The highest BCUT2D eigenvalue weighted by atomic mass is 35.5. The average molecular weight is 706 g/mol. The van der Waals surface area contributed by atoms with Crippen LogP contribution in [0.5, 0.6) is 23.0 Å². The van der Waals surface area contributed by atoms with Crippen molar-refractivity contribution in [1.82, 2.24) is 0 Å². The normalized spacial score (nSPS) is 14.4. The van der Waals surface area contributed by atoms with Crippen molar-refractivity contribution < 1.29 is 9.47 Å². The number of benzene rings is 3. The van der Waals surface area contributed by atoms with Crippen molar-refractivity contribution in [1.29, 1.82) is 0 Å². The molecule has 0 saturated heterocycles. The first-order chi connectivity index (χ1) is 19.2. The third kappa shape index (κ3) is 11.0. The van der Waals surface area contributed by atoms with E-state index in [0.29, 0.717) is 72.2 Å². The van der Waals surface area contributed by atoms with E-state index >= 15 is 0 Å². The Kier molecular flexibility index (Phi) is 15.0. The molecule has 0 radical (unpaired) electrons. The highest BCUT2D eigenvalue weighted by molar-refractivity contribution is 6.29. The number of alkyl halides is 8. The fourth-order valence-corrected chi connectivity index (χ4v) is 5.26. The van der Waals surface area contributed by atoms with Crippen LogP contribution in [-0.2, 0) is 25.7 Å². The van der Waals surface area contributed by atoms with Crippen molar-refractivity contribution in [2.45, 2.75) is 47.2 Å². The molecule has 2 nitrogen and oxygen atoms in total. The van der Waals surface area contributed by atoms with Gasteiger partial charge in [0.05, 0.1) is 21.5 Å². The molecule has 0 fully saturated rings. The van der Waals surface area contributed by atoms with Gasteiger partial charge in [0, 0.05) is 29.6 Å². The van der Waals surface area contributed by atoms with Gasteiger partial charge < -0.3 is 9.47 Å². The summed E-state index contributed by atoms with van der Waals surface area (Å²) in [6.07, 6.45) is 2.44. The quantitative estimate of drug-likeness (QED) is 0.138. The summed E-state index contributed by atoms with van der Waals surface area (Å²) in [5.41, 5.74) is 4.19. The first-order valence-electron chi connectivity index (χ1n) is 12.7. The first kappa shape index (κ1) is 34.1. The van der Waals surface area contributed by atoms with Crippen molar-refractivity contribution in [2.24, 2.45) is 0 Å². The fourth-order valence-electron chi connectivity index (χ4n) is 4.16. The van der Waals surface area contributed by atoms with E-state index in [9.17, 15) is 0 Å². The number of hydrogen-bond donors (Lipinski definition) is 0. The van der Waals surface area contributed by atoms with Crippen LogP contribution in [0.4, 0.5) is 0 Å². The Hall–Kier alpha value is -0.420. The van der Waals surface area contributed by atoms with E-state index in [1.54, 1.807) is 0 Å². The number of rotatable bonds is 16. The Balaban J connectivity index is 1.80. The van der Waals surface area contributed by atoms with Gasteiger partial charge in [-0.1, -0.05) is 18.2 Å². The van der Waals surface area contributed by atoms with Gasteiger partial charge in [-0.3, -0.25) is 0 Å². The van der Waals surface area contributed by atoms with Crippen molar-refractivity contribution in [3.63, 3.8) is 0 Å². The van der Waals surface area contributed by atoms with Gasteiger partial charge in [-0.15, -0.1) is 92.8 Å². The van der Waals surface area contributed by atoms with Crippen molar-refractivity contribution >= 4 is 92.8 Å². The maximum absolute atomic E-state index is 6.37. The van der Waals surface area contributed by atoms with Gasteiger partial charge in [-0.2, -0.15) is 0 Å². The van der Waals surface area contributed by atoms with Crippen LogP contribution >= 0.6 is 92.8 Å². The lowest BCUT2D eigenvalue weighted by Crippen LogP contribution is -2.11. The molecule has 0 aliphatic carbocycles. The van der Waals surface area contributed by atoms with Crippen LogP contribution in [0.15, 0.2) is 60.7 Å². The molecule has 0 aromatic heterocycles. The molecule has 0 saturated carbocycles. The minimum atomic E-state index is -0.211. The molecule has 3 aromatic rings. The molecular weight excluding hydrogens is 676 g/mol.